The topological polar surface area (TPSA) is 37.3 Å². The molecule has 0 aromatic carbocycles. The fraction of sp³-hybridized carbons (Fsp3) is 0.722. The van der Waals surface area contributed by atoms with E-state index in [1.807, 2.05) is 0 Å². The second-order valence-corrected chi connectivity index (χ2v) is 6.64. The molecule has 22 heavy (non-hydrogen) atoms. The van der Waals surface area contributed by atoms with Crippen molar-refractivity contribution in [2.45, 2.75) is 59.5 Å². The Morgan fingerprint density at radius 2 is 2.00 bits per heavy atom. The van der Waals surface area contributed by atoms with E-state index >= 15 is 0 Å². The summed E-state index contributed by atoms with van der Waals surface area (Å²) in [7, 11) is 1.73. The Morgan fingerprint density at radius 3 is 2.59 bits per heavy atom. The summed E-state index contributed by atoms with van der Waals surface area (Å²) in [5.74, 6) is 0.741. The fourth-order valence-corrected chi connectivity index (χ4v) is 3.55. The standard InChI is InChI=1S/C18H31N3O/c1-5-8-21-14(2)11-17(15(21)3)13-20-9-6-16(7-10-20)12-18(22)19-4/h11,16H,5-10,12-13H2,1-4H3,(H,19,22). The molecule has 0 saturated carbocycles. The molecule has 0 spiro atoms. The van der Waals surface area contributed by atoms with Crippen molar-refractivity contribution in [3.8, 4) is 0 Å². The molecule has 0 unspecified atom stereocenters. The third-order valence-electron chi connectivity index (χ3n) is 4.98. The first-order chi connectivity index (χ1) is 10.5. The number of hydrogen-bond acceptors (Lipinski definition) is 2. The Morgan fingerprint density at radius 1 is 1.32 bits per heavy atom. The number of rotatable bonds is 6. The SMILES string of the molecule is CCCn1c(C)cc(CN2CCC(CC(=O)NC)CC2)c1C. The van der Waals surface area contributed by atoms with Crippen molar-refractivity contribution in [1.29, 1.82) is 0 Å². The lowest BCUT2D eigenvalue weighted by molar-refractivity contribution is -0.121. The van der Waals surface area contributed by atoms with Gasteiger partial charge in [0.25, 0.3) is 0 Å². The van der Waals surface area contributed by atoms with E-state index in [-0.39, 0.29) is 5.91 Å². The van der Waals surface area contributed by atoms with E-state index < -0.39 is 0 Å². The van der Waals surface area contributed by atoms with Gasteiger partial charge in [0.15, 0.2) is 0 Å². The lowest BCUT2D eigenvalue weighted by atomic mass is 9.93. The fourth-order valence-electron chi connectivity index (χ4n) is 3.55. The molecule has 0 aliphatic carbocycles. The average Bonchev–Trinajstić information content (AvgIpc) is 2.77. The van der Waals surface area contributed by atoms with Crippen LogP contribution in [0.25, 0.3) is 0 Å². The van der Waals surface area contributed by atoms with Crippen LogP contribution in [0.4, 0.5) is 0 Å². The maximum Gasteiger partial charge on any atom is 0.220 e. The molecular weight excluding hydrogens is 274 g/mol. The van der Waals surface area contributed by atoms with Gasteiger partial charge >= 0.3 is 0 Å². The van der Waals surface area contributed by atoms with Gasteiger partial charge in [0.1, 0.15) is 0 Å². The van der Waals surface area contributed by atoms with Gasteiger partial charge in [-0.1, -0.05) is 6.92 Å². The average molecular weight is 305 g/mol. The Hall–Kier alpha value is -1.29. The Bertz CT molecular complexity index is 499. The number of nitrogens with one attached hydrogen (secondary N) is 1. The monoisotopic (exact) mass is 305 g/mol. The van der Waals surface area contributed by atoms with E-state index in [0.717, 1.165) is 39.0 Å². The summed E-state index contributed by atoms with van der Waals surface area (Å²) >= 11 is 0. The summed E-state index contributed by atoms with van der Waals surface area (Å²) in [6.45, 7) is 11.1. The number of carbonyl (C=O) groups excluding carboxylic acids is 1. The van der Waals surface area contributed by atoms with Crippen LogP contribution in [-0.2, 0) is 17.9 Å². The van der Waals surface area contributed by atoms with Gasteiger partial charge in [0, 0.05) is 37.9 Å². The molecule has 124 valence electrons. The van der Waals surface area contributed by atoms with Gasteiger partial charge in [0.05, 0.1) is 0 Å². The molecule has 1 N–H and O–H groups in total. The third-order valence-corrected chi connectivity index (χ3v) is 4.98. The number of aromatic nitrogens is 1. The molecule has 1 aromatic rings. The molecule has 1 aromatic heterocycles. The van der Waals surface area contributed by atoms with E-state index in [4.69, 9.17) is 0 Å². The Kier molecular flexibility index (Phi) is 6.07. The van der Waals surface area contributed by atoms with Crippen molar-refractivity contribution in [2.24, 2.45) is 5.92 Å². The first-order valence-electron chi connectivity index (χ1n) is 8.63. The molecule has 4 heteroatoms. The van der Waals surface area contributed by atoms with E-state index in [1.54, 1.807) is 7.05 Å². The molecule has 1 amide bonds. The number of nitrogens with zero attached hydrogens (tertiary/aromatic N) is 2. The zero-order valence-corrected chi connectivity index (χ0v) is 14.6. The summed E-state index contributed by atoms with van der Waals surface area (Å²) in [6.07, 6.45) is 4.15. The van der Waals surface area contributed by atoms with Gasteiger partial charge in [-0.05, 0) is 63.7 Å². The van der Waals surface area contributed by atoms with Gasteiger partial charge in [0.2, 0.25) is 5.91 Å². The molecule has 1 aliphatic rings. The van der Waals surface area contributed by atoms with Crippen molar-refractivity contribution in [2.75, 3.05) is 20.1 Å². The summed E-state index contributed by atoms with van der Waals surface area (Å²) < 4.78 is 2.44. The van der Waals surface area contributed by atoms with Crippen molar-refractivity contribution in [3.05, 3.63) is 23.0 Å². The lowest BCUT2D eigenvalue weighted by Gasteiger charge is -2.31. The van der Waals surface area contributed by atoms with Crippen LogP contribution in [0.3, 0.4) is 0 Å². The van der Waals surface area contributed by atoms with Crippen LogP contribution in [0.2, 0.25) is 0 Å². The van der Waals surface area contributed by atoms with Crippen LogP contribution < -0.4 is 5.32 Å². The summed E-state index contributed by atoms with van der Waals surface area (Å²) in [6, 6.07) is 2.35. The second kappa shape index (κ2) is 7.82. The molecule has 0 atom stereocenters. The summed E-state index contributed by atoms with van der Waals surface area (Å²) in [5, 5.41) is 2.74. The minimum absolute atomic E-state index is 0.182. The van der Waals surface area contributed by atoms with Gasteiger partial charge < -0.3 is 9.88 Å². The largest absolute Gasteiger partial charge is 0.359 e. The minimum atomic E-state index is 0.182. The zero-order valence-electron chi connectivity index (χ0n) is 14.6. The highest BCUT2D eigenvalue weighted by atomic mass is 16.1. The molecule has 2 heterocycles. The molecule has 2 rings (SSSR count). The number of aryl methyl sites for hydroxylation is 1. The first-order valence-corrected chi connectivity index (χ1v) is 8.63. The molecule has 4 nitrogen and oxygen atoms in total. The van der Waals surface area contributed by atoms with E-state index in [9.17, 15) is 4.79 Å². The van der Waals surface area contributed by atoms with Gasteiger partial charge in [-0.3, -0.25) is 9.69 Å². The number of carbonyl (C=O) groups is 1. The van der Waals surface area contributed by atoms with Crippen molar-refractivity contribution < 1.29 is 4.79 Å². The van der Waals surface area contributed by atoms with Crippen LogP contribution in [0.1, 0.15) is 49.6 Å². The molecule has 1 aliphatic heterocycles. The van der Waals surface area contributed by atoms with Gasteiger partial charge in [-0.2, -0.15) is 0 Å². The maximum absolute atomic E-state index is 11.5. The zero-order chi connectivity index (χ0) is 16.1. The molecule has 0 radical (unpaired) electrons. The van der Waals surface area contributed by atoms with Crippen molar-refractivity contribution in [3.63, 3.8) is 0 Å². The van der Waals surface area contributed by atoms with Gasteiger partial charge in [-0.15, -0.1) is 0 Å². The van der Waals surface area contributed by atoms with Crippen LogP contribution in [0.5, 0.6) is 0 Å². The Labute approximate surface area is 134 Å². The highest BCUT2D eigenvalue weighted by Crippen LogP contribution is 2.24. The van der Waals surface area contributed by atoms with Crippen LogP contribution in [0, 0.1) is 19.8 Å². The van der Waals surface area contributed by atoms with Crippen molar-refractivity contribution in [1.82, 2.24) is 14.8 Å². The number of likely N-dealkylation sites (tertiary alicyclic amines) is 1. The first kappa shape index (κ1) is 17.1. The predicted octanol–water partition coefficient (Wildman–Crippen LogP) is 2.86. The molecule has 1 saturated heterocycles. The predicted molar refractivity (Wildman–Crippen MR) is 90.9 cm³/mol. The molecular formula is C18H31N3O. The number of piperidine rings is 1. The normalized spacial score (nSPS) is 16.9. The summed E-state index contributed by atoms with van der Waals surface area (Å²) in [5.41, 5.74) is 4.27. The van der Waals surface area contributed by atoms with Crippen LogP contribution >= 0.6 is 0 Å². The highest BCUT2D eigenvalue weighted by Gasteiger charge is 2.22. The summed E-state index contributed by atoms with van der Waals surface area (Å²) in [4.78, 5) is 14.0. The minimum Gasteiger partial charge on any atom is -0.359 e. The number of amides is 1. The van der Waals surface area contributed by atoms with Crippen LogP contribution in [0.15, 0.2) is 6.07 Å². The lowest BCUT2D eigenvalue weighted by Crippen LogP contribution is -2.35. The maximum atomic E-state index is 11.5. The highest BCUT2D eigenvalue weighted by molar-refractivity contribution is 5.75. The van der Waals surface area contributed by atoms with E-state index in [2.05, 4.69) is 41.6 Å². The third kappa shape index (κ3) is 4.13. The quantitative estimate of drug-likeness (QED) is 0.877. The Balaban J connectivity index is 1.88. The van der Waals surface area contributed by atoms with E-state index in [1.165, 1.54) is 23.4 Å². The van der Waals surface area contributed by atoms with Gasteiger partial charge in [-0.25, -0.2) is 0 Å². The molecule has 1 fully saturated rings. The molecule has 0 bridgehead atoms. The number of hydrogen-bond donors (Lipinski definition) is 1. The second-order valence-electron chi connectivity index (χ2n) is 6.64. The smallest absolute Gasteiger partial charge is 0.220 e. The van der Waals surface area contributed by atoms with Crippen LogP contribution in [-0.4, -0.2) is 35.5 Å². The van der Waals surface area contributed by atoms with Crippen molar-refractivity contribution >= 4 is 5.91 Å². The van der Waals surface area contributed by atoms with E-state index in [0.29, 0.717) is 12.3 Å².